The lowest BCUT2D eigenvalue weighted by Gasteiger charge is -2.27. The minimum absolute atomic E-state index is 0.00441. The lowest BCUT2D eigenvalue weighted by atomic mass is 10.00. The smallest absolute Gasteiger partial charge is 0.326 e. The molecule has 0 fully saturated rings. The van der Waals surface area contributed by atoms with E-state index in [2.05, 4.69) is 25.9 Å². The van der Waals surface area contributed by atoms with Gasteiger partial charge in [0, 0.05) is 31.2 Å². The first kappa shape index (κ1) is 30.8. The number of phenols is 1. The number of imidazole rings is 1. The zero-order valence-corrected chi connectivity index (χ0v) is 21.7. The van der Waals surface area contributed by atoms with Crippen LogP contribution in [0, 0.1) is 5.92 Å². The van der Waals surface area contributed by atoms with E-state index >= 15 is 0 Å². The van der Waals surface area contributed by atoms with Crippen molar-refractivity contribution in [3.63, 3.8) is 0 Å². The number of nitrogens with two attached hydrogens (primary N) is 2. The molecule has 2 rings (SSSR count). The molecule has 0 spiro atoms. The first-order valence-electron chi connectivity index (χ1n) is 12.3. The Morgan fingerprint density at radius 3 is 2.13 bits per heavy atom. The molecule has 4 amide bonds. The number of nitrogens with zero attached hydrogens (tertiary/aromatic N) is 1. The third-order valence-electron chi connectivity index (χ3n) is 5.88. The molecular formula is C25H35N7O7. The van der Waals surface area contributed by atoms with Gasteiger partial charge in [0.25, 0.3) is 0 Å². The molecule has 4 atom stereocenters. The fourth-order valence-electron chi connectivity index (χ4n) is 3.68. The second-order valence-corrected chi connectivity index (χ2v) is 9.45. The molecule has 212 valence electrons. The third-order valence-corrected chi connectivity index (χ3v) is 5.88. The lowest BCUT2D eigenvalue weighted by Crippen LogP contribution is -2.59. The first-order chi connectivity index (χ1) is 18.4. The highest BCUT2D eigenvalue weighted by molar-refractivity contribution is 5.94. The van der Waals surface area contributed by atoms with Gasteiger partial charge in [-0.3, -0.25) is 19.2 Å². The van der Waals surface area contributed by atoms with Crippen molar-refractivity contribution in [2.45, 2.75) is 63.7 Å². The second-order valence-electron chi connectivity index (χ2n) is 9.45. The Morgan fingerprint density at radius 2 is 1.59 bits per heavy atom. The van der Waals surface area contributed by atoms with Crippen LogP contribution in [0.1, 0.15) is 37.9 Å². The van der Waals surface area contributed by atoms with Gasteiger partial charge in [-0.05, 0) is 30.0 Å². The number of carbonyl (C=O) groups excluding carboxylic acids is 4. The van der Waals surface area contributed by atoms with Crippen molar-refractivity contribution in [1.82, 2.24) is 25.9 Å². The van der Waals surface area contributed by atoms with Crippen LogP contribution in [0.15, 0.2) is 36.8 Å². The summed E-state index contributed by atoms with van der Waals surface area (Å²) in [6.07, 6.45) is 2.57. The largest absolute Gasteiger partial charge is 0.508 e. The molecule has 0 aliphatic rings. The Balaban J connectivity index is 2.19. The zero-order valence-electron chi connectivity index (χ0n) is 21.7. The highest BCUT2D eigenvalue weighted by Gasteiger charge is 2.32. The molecule has 4 unspecified atom stereocenters. The number of carbonyl (C=O) groups is 5. The number of aliphatic carboxylic acids is 1. The molecule has 39 heavy (non-hydrogen) atoms. The van der Waals surface area contributed by atoms with E-state index in [9.17, 15) is 34.2 Å². The molecule has 0 aliphatic heterocycles. The molecule has 0 saturated carbocycles. The van der Waals surface area contributed by atoms with Gasteiger partial charge in [0.15, 0.2) is 0 Å². The molecule has 14 heteroatoms. The molecule has 1 heterocycles. The number of hydrogen-bond acceptors (Lipinski definition) is 8. The number of phenolic OH excluding ortho intramolecular Hbond substituents is 1. The third kappa shape index (κ3) is 10.1. The highest BCUT2D eigenvalue weighted by Crippen LogP contribution is 2.13. The number of primary amides is 1. The van der Waals surface area contributed by atoms with Gasteiger partial charge < -0.3 is 42.6 Å². The van der Waals surface area contributed by atoms with Gasteiger partial charge >= 0.3 is 5.97 Å². The van der Waals surface area contributed by atoms with Crippen LogP contribution in [-0.4, -0.2) is 73.9 Å². The van der Waals surface area contributed by atoms with Gasteiger partial charge in [0.2, 0.25) is 23.6 Å². The molecule has 1 aromatic carbocycles. The van der Waals surface area contributed by atoms with E-state index in [1.807, 2.05) is 0 Å². The Kier molecular flexibility index (Phi) is 11.4. The highest BCUT2D eigenvalue weighted by atomic mass is 16.4. The van der Waals surface area contributed by atoms with Crippen molar-refractivity contribution in [3.05, 3.63) is 48.0 Å². The minimum Gasteiger partial charge on any atom is -0.508 e. The van der Waals surface area contributed by atoms with Gasteiger partial charge in [-0.1, -0.05) is 26.0 Å². The molecule has 2 aromatic rings. The normalized spacial score (nSPS) is 14.1. The van der Waals surface area contributed by atoms with Crippen LogP contribution in [0.2, 0.25) is 0 Å². The van der Waals surface area contributed by atoms with Gasteiger partial charge in [-0.15, -0.1) is 0 Å². The molecule has 0 radical (unpaired) electrons. The number of aromatic nitrogens is 2. The summed E-state index contributed by atoms with van der Waals surface area (Å²) in [5, 5.41) is 26.6. The standard InChI is InChI=1S/C25H35N7O7/c1-13(2)21(32-22(35)17(26)10-15-11-28-12-29-15)24(37)31-19(9-14-3-5-16(33)6-4-14)23(36)30-18(25(38)39)7-8-20(27)34/h3-6,11-13,17-19,21,33H,7-10,26H2,1-2H3,(H2,27,34)(H,28,29)(H,30,36)(H,31,37)(H,32,35)(H,38,39). The maximum atomic E-state index is 13.3. The van der Waals surface area contributed by atoms with Crippen LogP contribution >= 0.6 is 0 Å². The Bertz CT molecular complexity index is 1140. The van der Waals surface area contributed by atoms with Crippen LogP contribution in [0.4, 0.5) is 0 Å². The monoisotopic (exact) mass is 545 g/mol. The predicted molar refractivity (Wildman–Crippen MR) is 139 cm³/mol. The number of nitrogens with one attached hydrogen (secondary N) is 4. The quantitative estimate of drug-likeness (QED) is 0.132. The second kappa shape index (κ2) is 14.5. The lowest BCUT2D eigenvalue weighted by molar-refractivity contribution is -0.142. The van der Waals surface area contributed by atoms with Crippen LogP contribution < -0.4 is 27.4 Å². The summed E-state index contributed by atoms with van der Waals surface area (Å²) in [4.78, 5) is 68.6. The van der Waals surface area contributed by atoms with Gasteiger partial charge in [-0.2, -0.15) is 0 Å². The summed E-state index contributed by atoms with van der Waals surface area (Å²) in [5.41, 5.74) is 12.3. The zero-order chi connectivity index (χ0) is 29.1. The number of rotatable bonds is 15. The first-order valence-corrected chi connectivity index (χ1v) is 12.3. The van der Waals surface area contributed by atoms with Crippen molar-refractivity contribution in [2.24, 2.45) is 17.4 Å². The van der Waals surface area contributed by atoms with E-state index in [-0.39, 0.29) is 31.4 Å². The van der Waals surface area contributed by atoms with E-state index in [0.717, 1.165) is 0 Å². The number of carboxylic acid groups (broad SMARTS) is 1. The molecular weight excluding hydrogens is 510 g/mol. The number of aromatic hydroxyl groups is 1. The number of H-pyrrole nitrogens is 1. The summed E-state index contributed by atoms with van der Waals surface area (Å²) in [6.45, 7) is 3.40. The summed E-state index contributed by atoms with van der Waals surface area (Å²) in [5.74, 6) is -4.60. The topological polar surface area (TPSA) is 243 Å². The Labute approximate surface area is 224 Å². The SMILES string of the molecule is CC(C)C(NC(=O)C(N)Cc1cnc[nH]1)C(=O)NC(Cc1ccc(O)cc1)C(=O)NC(CCC(N)=O)C(=O)O. The van der Waals surface area contributed by atoms with Crippen LogP contribution in [-0.2, 0) is 36.8 Å². The van der Waals surface area contributed by atoms with Crippen molar-refractivity contribution in [2.75, 3.05) is 0 Å². The summed E-state index contributed by atoms with van der Waals surface area (Å²) in [7, 11) is 0. The number of amides is 4. The van der Waals surface area contributed by atoms with E-state index in [4.69, 9.17) is 11.5 Å². The maximum absolute atomic E-state index is 13.3. The molecule has 0 saturated heterocycles. The molecule has 10 N–H and O–H groups in total. The van der Waals surface area contributed by atoms with Gasteiger partial charge in [-0.25, -0.2) is 9.78 Å². The van der Waals surface area contributed by atoms with E-state index in [1.54, 1.807) is 26.0 Å². The Hall–Kier alpha value is -4.46. The van der Waals surface area contributed by atoms with E-state index in [1.165, 1.54) is 24.7 Å². The van der Waals surface area contributed by atoms with Crippen molar-refractivity contribution < 1.29 is 34.2 Å². The van der Waals surface area contributed by atoms with Crippen molar-refractivity contribution >= 4 is 29.6 Å². The molecule has 14 nitrogen and oxygen atoms in total. The van der Waals surface area contributed by atoms with Crippen molar-refractivity contribution in [1.29, 1.82) is 0 Å². The van der Waals surface area contributed by atoms with Gasteiger partial charge in [0.05, 0.1) is 12.4 Å². The predicted octanol–water partition coefficient (Wildman–Crippen LogP) is -1.31. The van der Waals surface area contributed by atoms with E-state index < -0.39 is 59.7 Å². The summed E-state index contributed by atoms with van der Waals surface area (Å²) < 4.78 is 0. The average Bonchev–Trinajstić information content (AvgIpc) is 3.38. The van der Waals surface area contributed by atoms with Gasteiger partial charge in [0.1, 0.15) is 23.9 Å². The maximum Gasteiger partial charge on any atom is 0.326 e. The number of aromatic amines is 1. The molecule has 1 aromatic heterocycles. The fourth-order valence-corrected chi connectivity index (χ4v) is 3.68. The average molecular weight is 546 g/mol. The summed E-state index contributed by atoms with van der Waals surface area (Å²) >= 11 is 0. The number of carboxylic acids is 1. The van der Waals surface area contributed by atoms with E-state index in [0.29, 0.717) is 11.3 Å². The minimum atomic E-state index is -1.43. The van der Waals surface area contributed by atoms with Crippen LogP contribution in [0.5, 0.6) is 5.75 Å². The van der Waals surface area contributed by atoms with Crippen molar-refractivity contribution in [3.8, 4) is 5.75 Å². The summed E-state index contributed by atoms with van der Waals surface area (Å²) in [6, 6.07) is 1.16. The van der Waals surface area contributed by atoms with Crippen LogP contribution in [0.3, 0.4) is 0 Å². The van der Waals surface area contributed by atoms with Crippen LogP contribution in [0.25, 0.3) is 0 Å². The number of benzene rings is 1. The fraction of sp³-hybridized carbons (Fsp3) is 0.440. The number of hydrogen-bond donors (Lipinski definition) is 8. The Morgan fingerprint density at radius 1 is 0.949 bits per heavy atom. The molecule has 0 bridgehead atoms. The molecule has 0 aliphatic carbocycles.